The van der Waals surface area contributed by atoms with Crippen molar-refractivity contribution in [1.29, 1.82) is 0 Å². The number of unbranched alkanes of at least 4 members (excludes halogenated alkanes) is 7. The lowest BCUT2D eigenvalue weighted by molar-refractivity contribution is -0.121. The van der Waals surface area contributed by atoms with Crippen molar-refractivity contribution in [2.45, 2.75) is 71.1 Å². The molecule has 0 aromatic carbocycles. The van der Waals surface area contributed by atoms with E-state index in [0.717, 1.165) is 57.8 Å². The highest BCUT2D eigenvalue weighted by molar-refractivity contribution is 5.75. The van der Waals surface area contributed by atoms with Crippen molar-refractivity contribution in [3.05, 3.63) is 0 Å². The number of amides is 1. The number of carbonyl (C=O) groups is 2. The molecule has 0 aliphatic heterocycles. The van der Waals surface area contributed by atoms with E-state index < -0.39 is 0 Å². The second kappa shape index (κ2) is 13.2. The van der Waals surface area contributed by atoms with Gasteiger partial charge in [-0.2, -0.15) is 0 Å². The van der Waals surface area contributed by atoms with Crippen LogP contribution < -0.4 is 5.32 Å². The topological polar surface area (TPSA) is 46.2 Å². The molecule has 0 aliphatic rings. The molecule has 0 rings (SSSR count). The average Bonchev–Trinajstić information content (AvgIpc) is 2.33. The van der Waals surface area contributed by atoms with Crippen molar-refractivity contribution in [2.75, 3.05) is 6.54 Å². The van der Waals surface area contributed by atoms with Crippen LogP contribution in [0, 0.1) is 0 Å². The highest BCUT2D eigenvalue weighted by Crippen LogP contribution is 2.04. The summed E-state index contributed by atoms with van der Waals surface area (Å²) in [6.45, 7) is 2.95. The molecule has 0 radical (unpaired) electrons. The zero-order valence-corrected chi connectivity index (χ0v) is 11.2. The Kier molecular flexibility index (Phi) is 12.5. The van der Waals surface area contributed by atoms with E-state index in [4.69, 9.17) is 0 Å². The van der Waals surface area contributed by atoms with Gasteiger partial charge in [-0.15, -0.1) is 0 Å². The quantitative estimate of drug-likeness (QED) is 0.421. The summed E-state index contributed by atoms with van der Waals surface area (Å²) in [6.07, 6.45) is 11.2. The summed E-state index contributed by atoms with van der Waals surface area (Å²) in [7, 11) is 0. The van der Waals surface area contributed by atoms with Crippen molar-refractivity contribution in [2.24, 2.45) is 0 Å². The lowest BCUT2D eigenvalue weighted by Crippen LogP contribution is -2.23. The van der Waals surface area contributed by atoms with E-state index in [1.165, 1.54) is 6.42 Å². The summed E-state index contributed by atoms with van der Waals surface area (Å²) >= 11 is 0. The molecule has 0 aromatic rings. The Balaban J connectivity index is 3.11. The Morgan fingerprint density at radius 3 is 2.41 bits per heavy atom. The Labute approximate surface area is 105 Å². The van der Waals surface area contributed by atoms with Gasteiger partial charge in [-0.05, 0) is 19.3 Å². The maximum Gasteiger partial charge on any atom is 0.219 e. The summed E-state index contributed by atoms with van der Waals surface area (Å²) < 4.78 is 0. The molecule has 0 aliphatic carbocycles. The normalized spacial score (nSPS) is 10.2. The lowest BCUT2D eigenvalue weighted by Gasteiger charge is -2.04. The molecular weight excluding hydrogens is 214 g/mol. The third-order valence-corrected chi connectivity index (χ3v) is 2.83. The minimum absolute atomic E-state index is 0.194. The number of carbonyl (C=O) groups excluding carboxylic acids is 2. The van der Waals surface area contributed by atoms with Crippen LogP contribution in [-0.4, -0.2) is 18.7 Å². The van der Waals surface area contributed by atoms with Crippen LogP contribution in [0.1, 0.15) is 71.1 Å². The first-order valence-corrected chi connectivity index (χ1v) is 7.01. The van der Waals surface area contributed by atoms with Gasteiger partial charge in [0.25, 0.3) is 0 Å². The van der Waals surface area contributed by atoms with Gasteiger partial charge < -0.3 is 10.1 Å². The molecule has 3 nitrogen and oxygen atoms in total. The molecule has 0 aromatic heterocycles. The molecule has 0 spiro atoms. The van der Waals surface area contributed by atoms with Crippen LogP contribution in [0.15, 0.2) is 0 Å². The van der Waals surface area contributed by atoms with Crippen molar-refractivity contribution in [3.8, 4) is 0 Å². The van der Waals surface area contributed by atoms with Gasteiger partial charge >= 0.3 is 0 Å². The smallest absolute Gasteiger partial charge is 0.219 e. The SMILES string of the molecule is CCCCCC(=O)NCCCCCCCC=O. The summed E-state index contributed by atoms with van der Waals surface area (Å²) in [5.74, 6) is 0.194. The summed E-state index contributed by atoms with van der Waals surface area (Å²) in [4.78, 5) is 21.4. The molecule has 0 fully saturated rings. The fraction of sp³-hybridized carbons (Fsp3) is 0.857. The second-order valence-electron chi connectivity index (χ2n) is 4.53. The molecule has 1 N–H and O–H groups in total. The molecule has 1 amide bonds. The molecule has 3 heteroatoms. The summed E-state index contributed by atoms with van der Waals surface area (Å²) in [5, 5.41) is 2.95. The zero-order chi connectivity index (χ0) is 12.8. The van der Waals surface area contributed by atoms with Crippen LogP contribution in [0.2, 0.25) is 0 Å². The average molecular weight is 241 g/mol. The van der Waals surface area contributed by atoms with E-state index in [2.05, 4.69) is 12.2 Å². The van der Waals surface area contributed by atoms with Crippen LogP contribution in [0.5, 0.6) is 0 Å². The molecule has 17 heavy (non-hydrogen) atoms. The molecule has 0 heterocycles. The van der Waals surface area contributed by atoms with Crippen molar-refractivity contribution >= 4 is 12.2 Å². The Bertz CT molecular complexity index is 193. The maximum atomic E-state index is 11.3. The van der Waals surface area contributed by atoms with E-state index >= 15 is 0 Å². The van der Waals surface area contributed by atoms with E-state index in [9.17, 15) is 9.59 Å². The van der Waals surface area contributed by atoms with E-state index in [1.807, 2.05) is 0 Å². The number of hydrogen-bond donors (Lipinski definition) is 1. The lowest BCUT2D eigenvalue weighted by atomic mass is 10.1. The Hall–Kier alpha value is -0.860. The molecule has 100 valence electrons. The van der Waals surface area contributed by atoms with Gasteiger partial charge in [-0.25, -0.2) is 0 Å². The first kappa shape index (κ1) is 16.1. The van der Waals surface area contributed by atoms with Gasteiger partial charge in [0.2, 0.25) is 5.91 Å². The Morgan fingerprint density at radius 2 is 1.71 bits per heavy atom. The minimum atomic E-state index is 0.194. The van der Waals surface area contributed by atoms with Gasteiger partial charge in [0.1, 0.15) is 6.29 Å². The highest BCUT2D eigenvalue weighted by atomic mass is 16.1. The van der Waals surface area contributed by atoms with Gasteiger partial charge in [0.15, 0.2) is 0 Å². The van der Waals surface area contributed by atoms with E-state index in [1.54, 1.807) is 0 Å². The molecule has 0 unspecified atom stereocenters. The first-order chi connectivity index (χ1) is 8.31. The van der Waals surface area contributed by atoms with Crippen LogP contribution in [0.25, 0.3) is 0 Å². The van der Waals surface area contributed by atoms with Crippen molar-refractivity contribution < 1.29 is 9.59 Å². The second-order valence-corrected chi connectivity index (χ2v) is 4.53. The predicted octanol–water partition coefficient (Wildman–Crippen LogP) is 3.22. The molecule has 0 saturated heterocycles. The third kappa shape index (κ3) is 13.1. The van der Waals surface area contributed by atoms with E-state index in [0.29, 0.717) is 12.8 Å². The number of rotatable bonds is 12. The number of nitrogens with one attached hydrogen (secondary N) is 1. The highest BCUT2D eigenvalue weighted by Gasteiger charge is 1.99. The third-order valence-electron chi connectivity index (χ3n) is 2.83. The molecular formula is C14H27NO2. The zero-order valence-electron chi connectivity index (χ0n) is 11.2. The summed E-state index contributed by atoms with van der Waals surface area (Å²) in [5.41, 5.74) is 0. The fourth-order valence-electron chi connectivity index (χ4n) is 1.73. The maximum absolute atomic E-state index is 11.3. The standard InChI is InChI=1S/C14H27NO2/c1-2-3-8-11-14(17)15-12-9-6-4-5-7-10-13-16/h13H,2-12H2,1H3,(H,15,17). The van der Waals surface area contributed by atoms with Gasteiger partial charge in [0.05, 0.1) is 0 Å². The van der Waals surface area contributed by atoms with E-state index in [-0.39, 0.29) is 5.91 Å². The monoisotopic (exact) mass is 241 g/mol. The number of aldehydes is 1. The van der Waals surface area contributed by atoms with Crippen LogP contribution >= 0.6 is 0 Å². The van der Waals surface area contributed by atoms with Crippen LogP contribution in [0.3, 0.4) is 0 Å². The first-order valence-electron chi connectivity index (χ1n) is 7.01. The van der Waals surface area contributed by atoms with Crippen molar-refractivity contribution in [1.82, 2.24) is 5.32 Å². The van der Waals surface area contributed by atoms with Crippen LogP contribution in [-0.2, 0) is 9.59 Å². The summed E-state index contributed by atoms with van der Waals surface area (Å²) in [6, 6.07) is 0. The largest absolute Gasteiger partial charge is 0.356 e. The minimum Gasteiger partial charge on any atom is -0.356 e. The van der Waals surface area contributed by atoms with Gasteiger partial charge in [-0.3, -0.25) is 4.79 Å². The molecule has 0 atom stereocenters. The van der Waals surface area contributed by atoms with Gasteiger partial charge in [0, 0.05) is 19.4 Å². The predicted molar refractivity (Wildman–Crippen MR) is 70.9 cm³/mol. The molecule has 0 bridgehead atoms. The van der Waals surface area contributed by atoms with Crippen molar-refractivity contribution in [3.63, 3.8) is 0 Å². The van der Waals surface area contributed by atoms with Gasteiger partial charge in [-0.1, -0.05) is 39.0 Å². The molecule has 0 saturated carbocycles. The van der Waals surface area contributed by atoms with Crippen LogP contribution in [0.4, 0.5) is 0 Å². The fourth-order valence-corrected chi connectivity index (χ4v) is 1.73. The number of hydrogen-bond acceptors (Lipinski definition) is 2. The Morgan fingerprint density at radius 1 is 1.00 bits per heavy atom.